The number of phenols is 1. The molecule has 0 heterocycles. The quantitative estimate of drug-likeness (QED) is 0.549. The number of aromatic hydroxyl groups is 1. The number of phenolic OH excluding ortho intramolecular Hbond substituents is 1. The van der Waals surface area contributed by atoms with E-state index in [0.29, 0.717) is 12.0 Å². The summed E-state index contributed by atoms with van der Waals surface area (Å²) in [6.45, 7) is 0. The van der Waals surface area contributed by atoms with Gasteiger partial charge < -0.3 is 15.2 Å². The van der Waals surface area contributed by atoms with Crippen molar-refractivity contribution >= 4 is 12.1 Å². The molecule has 14 heavy (non-hydrogen) atoms. The van der Waals surface area contributed by atoms with E-state index >= 15 is 0 Å². The van der Waals surface area contributed by atoms with Gasteiger partial charge in [0.05, 0.1) is 24.4 Å². The third-order valence-corrected chi connectivity index (χ3v) is 1.64. The molecule has 0 unspecified atom stereocenters. The van der Waals surface area contributed by atoms with Crippen LogP contribution in [0.3, 0.4) is 0 Å². The second-order valence-electron chi connectivity index (χ2n) is 2.45. The molecule has 1 amide bonds. The number of nitrogens with one attached hydrogen (secondary N) is 1. The molecule has 72 valence electrons. The van der Waals surface area contributed by atoms with Crippen LogP contribution in [0.1, 0.15) is 5.56 Å². The summed E-state index contributed by atoms with van der Waals surface area (Å²) in [6.07, 6.45) is 0.412. The molecule has 0 aliphatic heterocycles. The molecule has 1 aromatic rings. The van der Waals surface area contributed by atoms with Crippen LogP contribution in [-0.2, 0) is 4.79 Å². The number of nitriles is 1. The van der Waals surface area contributed by atoms with Gasteiger partial charge >= 0.3 is 0 Å². The summed E-state index contributed by atoms with van der Waals surface area (Å²) >= 11 is 0. The van der Waals surface area contributed by atoms with Crippen LogP contribution in [-0.4, -0.2) is 18.6 Å². The number of hydrogen-bond acceptors (Lipinski definition) is 4. The number of methoxy groups -OCH3 is 1. The van der Waals surface area contributed by atoms with Crippen LogP contribution in [0.4, 0.5) is 5.69 Å². The van der Waals surface area contributed by atoms with Gasteiger partial charge in [-0.2, -0.15) is 5.26 Å². The minimum absolute atomic E-state index is 0.147. The maximum Gasteiger partial charge on any atom is 0.211 e. The summed E-state index contributed by atoms with van der Waals surface area (Å²) < 4.78 is 4.82. The Morgan fingerprint density at radius 1 is 1.64 bits per heavy atom. The van der Waals surface area contributed by atoms with E-state index in [2.05, 4.69) is 5.32 Å². The summed E-state index contributed by atoms with van der Waals surface area (Å²) in [5.74, 6) is -0.0491. The third kappa shape index (κ3) is 1.75. The molecule has 0 radical (unpaired) electrons. The Morgan fingerprint density at radius 2 is 2.36 bits per heavy atom. The summed E-state index contributed by atoms with van der Waals surface area (Å²) in [5.41, 5.74) is 0.444. The van der Waals surface area contributed by atoms with E-state index in [1.165, 1.54) is 19.2 Å². The summed E-state index contributed by atoms with van der Waals surface area (Å²) in [5, 5.41) is 20.4. The fraction of sp³-hybridized carbons (Fsp3) is 0.111. The van der Waals surface area contributed by atoms with Crippen molar-refractivity contribution in [2.45, 2.75) is 0 Å². The van der Waals surface area contributed by atoms with Crippen LogP contribution in [0.25, 0.3) is 0 Å². The van der Waals surface area contributed by atoms with Gasteiger partial charge in [-0.05, 0) is 6.07 Å². The molecular formula is C9H8N2O3. The maximum atomic E-state index is 10.2. The van der Waals surface area contributed by atoms with Crippen LogP contribution in [0.2, 0.25) is 0 Å². The molecule has 5 nitrogen and oxygen atoms in total. The lowest BCUT2D eigenvalue weighted by atomic mass is 10.2. The highest BCUT2D eigenvalue weighted by molar-refractivity contribution is 5.78. The highest BCUT2D eigenvalue weighted by Gasteiger charge is 2.09. The molecule has 0 saturated heterocycles. The Morgan fingerprint density at radius 3 is 2.86 bits per heavy atom. The first kappa shape index (κ1) is 9.86. The van der Waals surface area contributed by atoms with Crippen LogP contribution < -0.4 is 10.1 Å². The first-order valence-corrected chi connectivity index (χ1v) is 3.74. The Balaban J connectivity index is 3.27. The van der Waals surface area contributed by atoms with Crippen LogP contribution in [0.15, 0.2) is 12.1 Å². The Hall–Kier alpha value is -2.22. The van der Waals surface area contributed by atoms with E-state index in [1.807, 2.05) is 6.07 Å². The second-order valence-corrected chi connectivity index (χ2v) is 2.45. The molecular weight excluding hydrogens is 184 g/mol. The molecule has 1 rings (SSSR count). The van der Waals surface area contributed by atoms with Gasteiger partial charge in [-0.3, -0.25) is 4.79 Å². The zero-order valence-corrected chi connectivity index (χ0v) is 7.44. The van der Waals surface area contributed by atoms with Crippen molar-refractivity contribution in [2.24, 2.45) is 0 Å². The van der Waals surface area contributed by atoms with Crippen molar-refractivity contribution in [1.82, 2.24) is 0 Å². The van der Waals surface area contributed by atoms with Crippen LogP contribution in [0, 0.1) is 11.3 Å². The number of benzene rings is 1. The van der Waals surface area contributed by atoms with Crippen molar-refractivity contribution < 1.29 is 14.6 Å². The standard InChI is InChI=1S/C9H8N2O3/c1-14-8-3-6(4-10)2-7(9(8)13)11-5-12/h2-3,5,13H,1H3,(H,11,12). The molecule has 2 N–H and O–H groups in total. The molecule has 1 aromatic carbocycles. The summed E-state index contributed by atoms with van der Waals surface area (Å²) in [4.78, 5) is 10.2. The molecule has 0 aromatic heterocycles. The van der Waals surface area contributed by atoms with Gasteiger partial charge in [0.1, 0.15) is 0 Å². The number of rotatable bonds is 3. The van der Waals surface area contributed by atoms with Crippen molar-refractivity contribution in [3.63, 3.8) is 0 Å². The zero-order valence-electron chi connectivity index (χ0n) is 7.44. The average Bonchev–Trinajstić information content (AvgIpc) is 2.21. The predicted molar refractivity (Wildman–Crippen MR) is 49.1 cm³/mol. The molecule has 0 aliphatic carbocycles. The normalized spacial score (nSPS) is 8.86. The van der Waals surface area contributed by atoms with Gasteiger partial charge in [-0.1, -0.05) is 0 Å². The maximum absolute atomic E-state index is 10.2. The Bertz CT molecular complexity index is 396. The van der Waals surface area contributed by atoms with Gasteiger partial charge in [0.15, 0.2) is 11.5 Å². The van der Waals surface area contributed by atoms with Gasteiger partial charge in [-0.25, -0.2) is 0 Å². The number of nitrogens with zero attached hydrogens (tertiary/aromatic N) is 1. The number of hydrogen-bond donors (Lipinski definition) is 2. The topological polar surface area (TPSA) is 82.3 Å². The number of carbonyl (C=O) groups excluding carboxylic acids is 1. The van der Waals surface area contributed by atoms with Crippen molar-refractivity contribution in [2.75, 3.05) is 12.4 Å². The van der Waals surface area contributed by atoms with Gasteiger partial charge in [0, 0.05) is 6.07 Å². The fourth-order valence-corrected chi connectivity index (χ4v) is 1.00. The smallest absolute Gasteiger partial charge is 0.211 e. The molecule has 0 saturated carbocycles. The molecule has 0 bridgehead atoms. The van der Waals surface area contributed by atoms with Crippen molar-refractivity contribution in [3.8, 4) is 17.6 Å². The SMILES string of the molecule is COc1cc(C#N)cc(NC=O)c1O. The van der Waals surface area contributed by atoms with Crippen molar-refractivity contribution in [3.05, 3.63) is 17.7 Å². The van der Waals surface area contributed by atoms with Gasteiger partial charge in [-0.15, -0.1) is 0 Å². The lowest BCUT2D eigenvalue weighted by Crippen LogP contribution is -1.96. The summed E-state index contributed by atoms with van der Waals surface area (Å²) in [6, 6.07) is 4.61. The Labute approximate surface area is 80.5 Å². The number of ether oxygens (including phenoxy) is 1. The lowest BCUT2D eigenvalue weighted by Gasteiger charge is -2.07. The molecule has 0 atom stereocenters. The average molecular weight is 192 g/mol. The molecule has 0 spiro atoms. The highest BCUT2D eigenvalue weighted by Crippen LogP contribution is 2.34. The van der Waals surface area contributed by atoms with E-state index in [0.717, 1.165) is 0 Å². The second kappa shape index (κ2) is 4.14. The van der Waals surface area contributed by atoms with Crippen molar-refractivity contribution in [1.29, 1.82) is 5.26 Å². The molecule has 5 heteroatoms. The minimum atomic E-state index is -0.196. The zero-order chi connectivity index (χ0) is 10.6. The molecule has 0 aliphatic rings. The number of carbonyl (C=O) groups is 1. The van der Waals surface area contributed by atoms with E-state index in [4.69, 9.17) is 10.00 Å². The highest BCUT2D eigenvalue weighted by atomic mass is 16.5. The largest absolute Gasteiger partial charge is 0.503 e. The summed E-state index contributed by atoms with van der Waals surface area (Å²) in [7, 11) is 1.36. The van der Waals surface area contributed by atoms with E-state index in [1.54, 1.807) is 0 Å². The number of anilines is 1. The predicted octanol–water partition coefficient (Wildman–Crippen LogP) is 0.841. The number of amides is 1. The van der Waals surface area contributed by atoms with E-state index in [9.17, 15) is 9.90 Å². The first-order chi connectivity index (χ1) is 6.72. The monoisotopic (exact) mass is 192 g/mol. The molecule has 0 fully saturated rings. The lowest BCUT2D eigenvalue weighted by molar-refractivity contribution is -0.105. The minimum Gasteiger partial charge on any atom is -0.503 e. The first-order valence-electron chi connectivity index (χ1n) is 3.74. The van der Waals surface area contributed by atoms with E-state index in [-0.39, 0.29) is 17.2 Å². The van der Waals surface area contributed by atoms with Gasteiger partial charge in [0.25, 0.3) is 0 Å². The van der Waals surface area contributed by atoms with Gasteiger partial charge in [0.2, 0.25) is 6.41 Å². The fourth-order valence-electron chi connectivity index (χ4n) is 1.00. The van der Waals surface area contributed by atoms with Crippen LogP contribution in [0.5, 0.6) is 11.5 Å². The van der Waals surface area contributed by atoms with Crippen LogP contribution >= 0.6 is 0 Å². The third-order valence-electron chi connectivity index (χ3n) is 1.64. The Kier molecular flexibility index (Phi) is 2.92. The van der Waals surface area contributed by atoms with E-state index < -0.39 is 0 Å².